The predicted molar refractivity (Wildman–Crippen MR) is 106 cm³/mol. The third kappa shape index (κ3) is 6.80. The lowest BCUT2D eigenvalue weighted by atomic mass is 10.2. The van der Waals surface area contributed by atoms with Crippen LogP contribution in [0.1, 0.15) is 5.56 Å². The molecule has 3 aromatic rings. The summed E-state index contributed by atoms with van der Waals surface area (Å²) in [6, 6.07) is 14.1. The van der Waals surface area contributed by atoms with E-state index in [9.17, 15) is 18.0 Å². The maximum absolute atomic E-state index is 12.2. The van der Waals surface area contributed by atoms with Crippen molar-refractivity contribution in [2.24, 2.45) is 0 Å². The molecular formula is C20H20F3N5O2. The lowest BCUT2D eigenvalue weighted by Gasteiger charge is -2.11. The van der Waals surface area contributed by atoms with Gasteiger partial charge in [0.15, 0.2) is 6.61 Å². The van der Waals surface area contributed by atoms with Crippen molar-refractivity contribution in [3.8, 4) is 5.88 Å². The van der Waals surface area contributed by atoms with E-state index >= 15 is 0 Å². The third-order valence-corrected chi connectivity index (χ3v) is 3.95. The fraction of sp³-hybridized carbons (Fsp3) is 0.250. The van der Waals surface area contributed by atoms with Crippen LogP contribution in [0.4, 0.5) is 23.8 Å². The molecule has 3 rings (SSSR count). The number of hydrogen-bond acceptors (Lipinski definition) is 5. The van der Waals surface area contributed by atoms with Crippen LogP contribution in [0.5, 0.6) is 5.88 Å². The summed E-state index contributed by atoms with van der Waals surface area (Å²) in [5.41, 5.74) is 1.44. The van der Waals surface area contributed by atoms with E-state index in [1.165, 1.54) is 12.3 Å². The Bertz CT molecular complexity index is 997. The molecule has 30 heavy (non-hydrogen) atoms. The molecule has 2 heterocycles. The zero-order valence-corrected chi connectivity index (χ0v) is 15.9. The Hall–Kier alpha value is -3.56. The van der Waals surface area contributed by atoms with E-state index in [1.807, 2.05) is 36.4 Å². The largest absolute Gasteiger partial charge is 0.468 e. The predicted octanol–water partition coefficient (Wildman–Crippen LogP) is 3.48. The van der Waals surface area contributed by atoms with Crippen LogP contribution >= 0.6 is 0 Å². The average molecular weight is 419 g/mol. The van der Waals surface area contributed by atoms with Gasteiger partial charge < -0.3 is 20.7 Å². The molecule has 1 aromatic carbocycles. The number of nitrogens with one attached hydrogen (secondary N) is 3. The molecule has 0 atom stereocenters. The molecule has 0 aliphatic rings. The summed E-state index contributed by atoms with van der Waals surface area (Å²) in [6.07, 6.45) is -3.12. The van der Waals surface area contributed by atoms with Crippen molar-refractivity contribution >= 4 is 22.8 Å². The van der Waals surface area contributed by atoms with Gasteiger partial charge in [-0.1, -0.05) is 18.2 Å². The average Bonchev–Trinajstić information content (AvgIpc) is 2.73. The number of carbonyl (C=O) groups is 1. The normalized spacial score (nSPS) is 11.2. The fourth-order valence-electron chi connectivity index (χ4n) is 2.57. The number of benzene rings is 1. The van der Waals surface area contributed by atoms with Gasteiger partial charge in [0.05, 0.1) is 5.52 Å². The smallest absolute Gasteiger partial charge is 0.422 e. The number of pyridine rings is 2. The van der Waals surface area contributed by atoms with Crippen molar-refractivity contribution < 1.29 is 22.7 Å². The Labute approximate surface area is 170 Å². The van der Waals surface area contributed by atoms with Crippen LogP contribution in [0.2, 0.25) is 0 Å². The van der Waals surface area contributed by atoms with Crippen LogP contribution in [0.15, 0.2) is 54.7 Å². The third-order valence-electron chi connectivity index (χ3n) is 3.95. The highest BCUT2D eigenvalue weighted by atomic mass is 19.4. The summed E-state index contributed by atoms with van der Waals surface area (Å²) in [4.78, 5) is 20.1. The number of rotatable bonds is 8. The summed E-state index contributed by atoms with van der Waals surface area (Å²) in [5, 5.41) is 9.48. The molecule has 0 fully saturated rings. The molecule has 0 radical (unpaired) electrons. The Kier molecular flexibility index (Phi) is 6.89. The number of nitrogens with zero attached hydrogens (tertiary/aromatic N) is 2. The Morgan fingerprint density at radius 2 is 1.87 bits per heavy atom. The van der Waals surface area contributed by atoms with Gasteiger partial charge in [-0.2, -0.15) is 13.2 Å². The minimum Gasteiger partial charge on any atom is -0.468 e. The molecule has 0 aliphatic heterocycles. The number of fused-ring (bicyclic) bond motifs is 1. The van der Waals surface area contributed by atoms with Gasteiger partial charge in [0, 0.05) is 37.3 Å². The number of hydrogen-bond donors (Lipinski definition) is 3. The molecular weight excluding hydrogens is 399 g/mol. The van der Waals surface area contributed by atoms with Crippen molar-refractivity contribution in [1.29, 1.82) is 0 Å². The van der Waals surface area contributed by atoms with Crippen LogP contribution in [0, 0.1) is 0 Å². The number of ether oxygens (including phenoxy) is 1. The van der Waals surface area contributed by atoms with Crippen molar-refractivity contribution in [1.82, 2.24) is 20.6 Å². The second-order valence-electron chi connectivity index (χ2n) is 6.33. The van der Waals surface area contributed by atoms with Gasteiger partial charge in [-0.25, -0.2) is 14.8 Å². The minimum atomic E-state index is -4.44. The van der Waals surface area contributed by atoms with E-state index in [-0.39, 0.29) is 12.4 Å². The van der Waals surface area contributed by atoms with Crippen LogP contribution in [-0.2, 0) is 6.54 Å². The first-order valence-electron chi connectivity index (χ1n) is 9.15. The summed E-state index contributed by atoms with van der Waals surface area (Å²) in [6.45, 7) is -0.465. The highest BCUT2D eigenvalue weighted by molar-refractivity contribution is 5.80. The van der Waals surface area contributed by atoms with Crippen molar-refractivity contribution in [2.45, 2.75) is 12.7 Å². The van der Waals surface area contributed by atoms with Crippen LogP contribution < -0.4 is 20.7 Å². The highest BCUT2D eigenvalue weighted by Gasteiger charge is 2.28. The molecule has 0 saturated heterocycles. The van der Waals surface area contributed by atoms with Crippen LogP contribution in [0.3, 0.4) is 0 Å². The van der Waals surface area contributed by atoms with Gasteiger partial charge in [-0.3, -0.25) is 0 Å². The molecule has 0 unspecified atom stereocenters. The van der Waals surface area contributed by atoms with E-state index in [0.29, 0.717) is 24.5 Å². The van der Waals surface area contributed by atoms with E-state index < -0.39 is 18.8 Å². The maximum Gasteiger partial charge on any atom is 0.422 e. The molecule has 0 spiro atoms. The topological polar surface area (TPSA) is 88.2 Å². The lowest BCUT2D eigenvalue weighted by molar-refractivity contribution is -0.154. The molecule has 0 bridgehead atoms. The summed E-state index contributed by atoms with van der Waals surface area (Å²) < 4.78 is 41.2. The van der Waals surface area contributed by atoms with Crippen LogP contribution in [-0.4, -0.2) is 41.9 Å². The van der Waals surface area contributed by atoms with Crippen molar-refractivity contribution in [2.75, 3.05) is 25.0 Å². The number of urea groups is 1. The molecule has 0 aliphatic carbocycles. The minimum absolute atomic E-state index is 0.121. The second kappa shape index (κ2) is 9.77. The lowest BCUT2D eigenvalue weighted by Crippen LogP contribution is -2.37. The number of aromatic nitrogens is 2. The first-order chi connectivity index (χ1) is 14.4. The molecule has 0 saturated carbocycles. The number of alkyl halides is 3. The maximum atomic E-state index is 12.2. The molecule has 10 heteroatoms. The van der Waals surface area contributed by atoms with E-state index in [4.69, 9.17) is 0 Å². The number of para-hydroxylation sites is 1. The summed E-state index contributed by atoms with van der Waals surface area (Å²) in [7, 11) is 0. The SMILES string of the molecule is O=C(NCCNc1ccc2ccccc2n1)NCc1ccnc(OCC(F)(F)F)c1. The van der Waals surface area contributed by atoms with Crippen molar-refractivity contribution in [3.63, 3.8) is 0 Å². The number of amides is 2. The molecule has 3 N–H and O–H groups in total. The van der Waals surface area contributed by atoms with Gasteiger partial charge >= 0.3 is 12.2 Å². The summed E-state index contributed by atoms with van der Waals surface area (Å²) in [5.74, 6) is 0.554. The van der Waals surface area contributed by atoms with E-state index in [0.717, 1.165) is 10.9 Å². The monoisotopic (exact) mass is 419 g/mol. The highest BCUT2D eigenvalue weighted by Crippen LogP contribution is 2.17. The van der Waals surface area contributed by atoms with E-state index in [2.05, 4.69) is 30.7 Å². The quantitative estimate of drug-likeness (QED) is 0.487. The summed E-state index contributed by atoms with van der Waals surface area (Å²) >= 11 is 0. The molecule has 7 nitrogen and oxygen atoms in total. The zero-order valence-electron chi connectivity index (χ0n) is 15.9. The molecule has 158 valence electrons. The van der Waals surface area contributed by atoms with Crippen LogP contribution in [0.25, 0.3) is 10.9 Å². The molecule has 2 aromatic heterocycles. The van der Waals surface area contributed by atoms with Gasteiger partial charge in [0.2, 0.25) is 5.88 Å². The van der Waals surface area contributed by atoms with Gasteiger partial charge in [-0.15, -0.1) is 0 Å². The number of halogens is 3. The van der Waals surface area contributed by atoms with Gasteiger partial charge in [-0.05, 0) is 29.8 Å². The number of carbonyl (C=O) groups excluding carboxylic acids is 1. The Balaban J connectivity index is 1.37. The Morgan fingerprint density at radius 3 is 2.70 bits per heavy atom. The van der Waals surface area contributed by atoms with Gasteiger partial charge in [0.1, 0.15) is 5.82 Å². The van der Waals surface area contributed by atoms with Crippen molar-refractivity contribution in [3.05, 3.63) is 60.3 Å². The number of anilines is 1. The first-order valence-corrected chi connectivity index (χ1v) is 9.15. The Morgan fingerprint density at radius 1 is 1.03 bits per heavy atom. The zero-order chi connectivity index (χ0) is 21.4. The van der Waals surface area contributed by atoms with Gasteiger partial charge in [0.25, 0.3) is 0 Å². The standard InChI is InChI=1S/C20H20F3N5O2/c21-20(22,23)13-30-18-11-14(7-8-25-18)12-27-19(29)26-10-9-24-17-6-5-15-3-1-2-4-16(15)28-17/h1-8,11H,9-10,12-13H2,(H,24,28)(H2,26,27,29). The molecule has 2 amide bonds. The first kappa shape index (κ1) is 21.2. The fourth-order valence-corrected chi connectivity index (χ4v) is 2.57. The second-order valence-corrected chi connectivity index (χ2v) is 6.33. The van der Waals surface area contributed by atoms with E-state index in [1.54, 1.807) is 6.07 Å².